The van der Waals surface area contributed by atoms with Crippen molar-refractivity contribution in [3.63, 3.8) is 0 Å². The van der Waals surface area contributed by atoms with Crippen LogP contribution in [0.5, 0.6) is 0 Å². The highest BCUT2D eigenvalue weighted by atomic mass is 16.3. The van der Waals surface area contributed by atoms with Gasteiger partial charge in [-0.25, -0.2) is 0 Å². The Morgan fingerprint density at radius 2 is 2.36 bits per heavy atom. The number of nitrogens with two attached hydrogens (primary N) is 1. The molecular weight excluding hydrogens is 178 g/mol. The number of aldehydes is 1. The Hall–Kier alpha value is -0.410. The van der Waals surface area contributed by atoms with Crippen LogP contribution in [-0.4, -0.2) is 23.5 Å². The maximum Gasteiger partial charge on any atom is 0.151 e. The van der Waals surface area contributed by atoms with Gasteiger partial charge in [0.2, 0.25) is 0 Å². The Bertz CT molecular complexity index is 252. The normalized spacial score (nSPS) is 45.1. The molecule has 0 heterocycles. The maximum absolute atomic E-state index is 10.9. The number of rotatable bonds is 3. The molecule has 2 aliphatic carbocycles. The molecule has 3 N–H and O–H groups in total. The van der Waals surface area contributed by atoms with E-state index in [0.29, 0.717) is 24.7 Å². The highest BCUT2D eigenvalue weighted by Crippen LogP contribution is 2.59. The van der Waals surface area contributed by atoms with Crippen molar-refractivity contribution >= 4 is 6.29 Å². The van der Waals surface area contributed by atoms with Crippen molar-refractivity contribution in [3.8, 4) is 0 Å². The number of carbonyl (C=O) groups excluding carboxylic acids is 1. The van der Waals surface area contributed by atoms with Crippen LogP contribution in [0.2, 0.25) is 0 Å². The fourth-order valence-electron chi connectivity index (χ4n) is 3.64. The predicted octanol–water partition coefficient (Wildman–Crippen LogP) is 0.701. The van der Waals surface area contributed by atoms with Crippen molar-refractivity contribution < 1.29 is 9.90 Å². The van der Waals surface area contributed by atoms with Gasteiger partial charge in [-0.1, -0.05) is 6.42 Å². The zero-order chi connectivity index (χ0) is 10.4. The van der Waals surface area contributed by atoms with Crippen LogP contribution in [0, 0.1) is 17.3 Å². The molecule has 0 aromatic rings. The van der Waals surface area contributed by atoms with Gasteiger partial charge in [0.1, 0.15) is 5.60 Å². The van der Waals surface area contributed by atoms with Gasteiger partial charge in [0.25, 0.3) is 0 Å². The van der Waals surface area contributed by atoms with Gasteiger partial charge >= 0.3 is 0 Å². The first-order chi connectivity index (χ1) is 6.55. The summed E-state index contributed by atoms with van der Waals surface area (Å²) in [6.07, 6.45) is 5.15. The van der Waals surface area contributed by atoms with Crippen LogP contribution >= 0.6 is 0 Å². The summed E-state index contributed by atoms with van der Waals surface area (Å²) in [5, 5.41) is 10.1. The summed E-state index contributed by atoms with van der Waals surface area (Å²) in [7, 11) is 0. The largest absolute Gasteiger partial charge is 0.382 e. The number of hydrogen-bond donors (Lipinski definition) is 2. The Morgan fingerprint density at radius 3 is 2.71 bits per heavy atom. The zero-order valence-corrected chi connectivity index (χ0v) is 8.70. The second kappa shape index (κ2) is 3.04. The molecular formula is C11H19NO2. The van der Waals surface area contributed by atoms with E-state index in [4.69, 9.17) is 5.73 Å². The van der Waals surface area contributed by atoms with Crippen LogP contribution < -0.4 is 5.73 Å². The van der Waals surface area contributed by atoms with E-state index in [-0.39, 0.29) is 5.41 Å². The SMILES string of the molecule is CC(O)(C=O)C1(CN)CC2CCC1C2. The molecule has 0 aromatic heterocycles. The minimum Gasteiger partial charge on any atom is -0.382 e. The average Bonchev–Trinajstić information content (AvgIpc) is 2.77. The van der Waals surface area contributed by atoms with Crippen molar-refractivity contribution in [2.75, 3.05) is 6.54 Å². The molecule has 2 saturated carbocycles. The quantitative estimate of drug-likeness (QED) is 0.655. The second-order valence-corrected chi connectivity index (χ2v) is 5.21. The standard InChI is InChI=1S/C11H19NO2/c1-10(14,7-13)11(6-12)5-8-2-3-9(11)4-8/h7-9,14H,2-6,12H2,1H3. The fraction of sp³-hybridized carbons (Fsp3) is 0.909. The number of fused-ring (bicyclic) bond motifs is 2. The zero-order valence-electron chi connectivity index (χ0n) is 8.70. The van der Waals surface area contributed by atoms with E-state index < -0.39 is 5.60 Å². The van der Waals surface area contributed by atoms with Crippen molar-refractivity contribution in [1.29, 1.82) is 0 Å². The molecule has 2 fully saturated rings. The van der Waals surface area contributed by atoms with Crippen molar-refractivity contribution in [1.82, 2.24) is 0 Å². The van der Waals surface area contributed by atoms with Gasteiger partial charge in [-0.3, -0.25) is 0 Å². The smallest absolute Gasteiger partial charge is 0.151 e. The summed E-state index contributed by atoms with van der Waals surface area (Å²) < 4.78 is 0. The van der Waals surface area contributed by atoms with Gasteiger partial charge in [-0.2, -0.15) is 0 Å². The van der Waals surface area contributed by atoms with Crippen LogP contribution in [0.3, 0.4) is 0 Å². The first-order valence-corrected chi connectivity index (χ1v) is 5.44. The minimum atomic E-state index is -1.23. The van der Waals surface area contributed by atoms with E-state index in [9.17, 15) is 9.90 Å². The summed E-state index contributed by atoms with van der Waals surface area (Å²) in [6, 6.07) is 0. The monoisotopic (exact) mass is 197 g/mol. The van der Waals surface area contributed by atoms with Gasteiger partial charge in [-0.15, -0.1) is 0 Å². The third kappa shape index (κ3) is 1.09. The van der Waals surface area contributed by atoms with Gasteiger partial charge < -0.3 is 15.6 Å². The highest BCUT2D eigenvalue weighted by molar-refractivity contribution is 5.63. The molecule has 80 valence electrons. The van der Waals surface area contributed by atoms with Crippen LogP contribution in [0.25, 0.3) is 0 Å². The van der Waals surface area contributed by atoms with E-state index in [0.717, 1.165) is 19.3 Å². The minimum absolute atomic E-state index is 0.336. The Balaban J connectivity index is 2.31. The summed E-state index contributed by atoms with van der Waals surface area (Å²) in [5.41, 5.74) is 4.23. The van der Waals surface area contributed by atoms with E-state index >= 15 is 0 Å². The Labute approximate surface area is 84.7 Å². The fourth-order valence-corrected chi connectivity index (χ4v) is 3.64. The molecule has 14 heavy (non-hydrogen) atoms. The lowest BCUT2D eigenvalue weighted by Crippen LogP contribution is -2.54. The third-order valence-electron chi connectivity index (χ3n) is 4.58. The van der Waals surface area contributed by atoms with Crippen LogP contribution in [0.15, 0.2) is 0 Å². The molecule has 0 aromatic carbocycles. The number of aliphatic hydroxyl groups is 1. The first kappa shape index (κ1) is 10.1. The molecule has 3 nitrogen and oxygen atoms in total. The molecule has 0 spiro atoms. The van der Waals surface area contributed by atoms with Crippen LogP contribution in [0.1, 0.15) is 32.6 Å². The van der Waals surface area contributed by atoms with Gasteiger partial charge in [0, 0.05) is 12.0 Å². The summed E-state index contributed by atoms with van der Waals surface area (Å²) >= 11 is 0. The molecule has 0 radical (unpaired) electrons. The van der Waals surface area contributed by atoms with Crippen molar-refractivity contribution in [2.45, 2.75) is 38.2 Å². The van der Waals surface area contributed by atoms with Gasteiger partial charge in [0.15, 0.2) is 6.29 Å². The van der Waals surface area contributed by atoms with E-state index in [1.165, 1.54) is 6.42 Å². The van der Waals surface area contributed by atoms with Gasteiger partial charge in [0.05, 0.1) is 0 Å². The van der Waals surface area contributed by atoms with Crippen molar-refractivity contribution in [3.05, 3.63) is 0 Å². The molecule has 0 saturated heterocycles. The molecule has 0 aliphatic heterocycles. The number of carbonyl (C=O) groups is 1. The second-order valence-electron chi connectivity index (χ2n) is 5.21. The Kier molecular flexibility index (Phi) is 2.20. The lowest BCUT2D eigenvalue weighted by molar-refractivity contribution is -0.142. The molecule has 3 heteroatoms. The lowest BCUT2D eigenvalue weighted by Gasteiger charge is -2.44. The molecule has 2 aliphatic rings. The van der Waals surface area contributed by atoms with E-state index in [1.54, 1.807) is 6.92 Å². The van der Waals surface area contributed by atoms with E-state index in [1.807, 2.05) is 0 Å². The topological polar surface area (TPSA) is 63.3 Å². The number of hydrogen-bond acceptors (Lipinski definition) is 3. The van der Waals surface area contributed by atoms with Crippen LogP contribution in [0.4, 0.5) is 0 Å². The lowest BCUT2D eigenvalue weighted by atomic mass is 9.63. The highest BCUT2D eigenvalue weighted by Gasteiger charge is 2.58. The maximum atomic E-state index is 10.9. The molecule has 2 rings (SSSR count). The molecule has 2 bridgehead atoms. The van der Waals surface area contributed by atoms with E-state index in [2.05, 4.69) is 0 Å². The van der Waals surface area contributed by atoms with Crippen LogP contribution in [-0.2, 0) is 4.79 Å². The van der Waals surface area contributed by atoms with Gasteiger partial charge in [-0.05, 0) is 38.0 Å². The molecule has 4 unspecified atom stereocenters. The predicted molar refractivity (Wildman–Crippen MR) is 53.6 cm³/mol. The average molecular weight is 197 g/mol. The first-order valence-electron chi connectivity index (χ1n) is 5.44. The Morgan fingerprint density at radius 1 is 1.64 bits per heavy atom. The molecule has 0 amide bonds. The summed E-state index contributed by atoms with van der Waals surface area (Å²) in [5.74, 6) is 1.15. The summed E-state index contributed by atoms with van der Waals surface area (Å²) in [4.78, 5) is 10.9. The molecule has 4 atom stereocenters. The summed E-state index contributed by atoms with van der Waals surface area (Å²) in [6.45, 7) is 2.05. The van der Waals surface area contributed by atoms with Crippen molar-refractivity contribution in [2.24, 2.45) is 23.0 Å². The third-order valence-corrected chi connectivity index (χ3v) is 4.58.